The Labute approximate surface area is 104 Å². The number of rotatable bonds is 6. The molecule has 0 amide bonds. The van der Waals surface area contributed by atoms with E-state index in [2.05, 4.69) is 12.2 Å². The van der Waals surface area contributed by atoms with Crippen LogP contribution in [0.2, 0.25) is 0 Å². The van der Waals surface area contributed by atoms with E-state index < -0.39 is 15.1 Å². The molecule has 0 saturated heterocycles. The van der Waals surface area contributed by atoms with Gasteiger partial charge in [-0.2, -0.15) is 0 Å². The lowest BCUT2D eigenvalue weighted by Gasteiger charge is -2.28. The van der Waals surface area contributed by atoms with E-state index in [4.69, 9.17) is 4.74 Å². The van der Waals surface area contributed by atoms with E-state index >= 15 is 0 Å². The average molecular weight is 261 g/mol. The van der Waals surface area contributed by atoms with Crippen molar-refractivity contribution in [1.29, 1.82) is 0 Å². The Morgan fingerprint density at radius 2 is 2.24 bits per heavy atom. The van der Waals surface area contributed by atoms with Gasteiger partial charge in [0.05, 0.1) is 17.9 Å². The van der Waals surface area contributed by atoms with Crippen LogP contribution in [-0.4, -0.2) is 39.1 Å². The second-order valence-corrected chi connectivity index (χ2v) is 6.97. The van der Waals surface area contributed by atoms with Crippen molar-refractivity contribution in [2.45, 2.75) is 44.4 Å². The second kappa shape index (κ2) is 6.40. The molecule has 0 aromatic heterocycles. The summed E-state index contributed by atoms with van der Waals surface area (Å²) in [6, 6.07) is -0.217. The number of allylic oxidation sites excluding steroid dienone is 1. The second-order valence-electron chi connectivity index (χ2n) is 4.56. The highest BCUT2D eigenvalue weighted by Gasteiger charge is 2.30. The summed E-state index contributed by atoms with van der Waals surface area (Å²) in [5, 5.41) is 2.81. The van der Waals surface area contributed by atoms with Gasteiger partial charge in [0.25, 0.3) is 0 Å². The van der Waals surface area contributed by atoms with Crippen molar-refractivity contribution in [2.24, 2.45) is 0 Å². The molecule has 1 aliphatic rings. The van der Waals surface area contributed by atoms with Crippen LogP contribution in [0.15, 0.2) is 11.8 Å². The van der Waals surface area contributed by atoms with Crippen LogP contribution >= 0.6 is 0 Å². The minimum atomic E-state index is -3.07. The van der Waals surface area contributed by atoms with Gasteiger partial charge in [-0.3, -0.25) is 0 Å². The molecule has 0 saturated carbocycles. The van der Waals surface area contributed by atoms with Gasteiger partial charge in [0.2, 0.25) is 0 Å². The third kappa shape index (κ3) is 4.32. The lowest BCUT2D eigenvalue weighted by molar-refractivity contribution is 0.166. The van der Waals surface area contributed by atoms with E-state index in [0.29, 0.717) is 6.61 Å². The molecular formula is C12H23NO3S. The van der Waals surface area contributed by atoms with E-state index in [1.807, 2.05) is 6.08 Å². The van der Waals surface area contributed by atoms with Crippen LogP contribution in [0.4, 0.5) is 0 Å². The first-order chi connectivity index (χ1) is 7.96. The molecule has 0 radical (unpaired) electrons. The molecule has 0 aromatic rings. The van der Waals surface area contributed by atoms with E-state index in [1.165, 1.54) is 6.26 Å². The summed E-state index contributed by atoms with van der Waals surface area (Å²) in [4.78, 5) is 0. The quantitative estimate of drug-likeness (QED) is 0.787. The zero-order valence-electron chi connectivity index (χ0n) is 10.9. The fourth-order valence-electron chi connectivity index (χ4n) is 1.84. The summed E-state index contributed by atoms with van der Waals surface area (Å²) in [7, 11) is -3.07. The molecule has 2 unspecified atom stereocenters. The highest BCUT2D eigenvalue weighted by atomic mass is 32.2. The molecule has 100 valence electrons. The lowest BCUT2D eigenvalue weighted by Crippen LogP contribution is -2.45. The maximum atomic E-state index is 11.7. The summed E-state index contributed by atoms with van der Waals surface area (Å²) < 4.78 is 28.9. The number of hydrogen-bond acceptors (Lipinski definition) is 4. The predicted octanol–water partition coefficient (Wildman–Crippen LogP) is 1.48. The summed E-state index contributed by atoms with van der Waals surface area (Å²) >= 11 is 0. The first-order valence-corrected chi connectivity index (χ1v) is 8.17. The Morgan fingerprint density at radius 3 is 2.71 bits per heavy atom. The molecule has 1 rings (SSSR count). The molecule has 17 heavy (non-hydrogen) atoms. The number of ether oxygens (including phenoxy) is 1. The first-order valence-electron chi connectivity index (χ1n) is 6.22. The summed E-state index contributed by atoms with van der Waals surface area (Å²) in [6.07, 6.45) is 6.24. The zero-order valence-corrected chi connectivity index (χ0v) is 11.7. The van der Waals surface area contributed by atoms with Gasteiger partial charge < -0.3 is 10.1 Å². The first kappa shape index (κ1) is 14.5. The molecule has 0 fully saturated rings. The molecule has 0 aliphatic carbocycles. The fourth-order valence-corrected chi connectivity index (χ4v) is 2.56. The molecule has 4 nitrogen and oxygen atoms in total. The van der Waals surface area contributed by atoms with Crippen molar-refractivity contribution in [1.82, 2.24) is 5.32 Å². The van der Waals surface area contributed by atoms with E-state index in [-0.39, 0.29) is 6.04 Å². The van der Waals surface area contributed by atoms with E-state index in [1.54, 1.807) is 6.92 Å². The highest BCUT2D eigenvalue weighted by Crippen LogP contribution is 2.19. The SMILES string of the molecule is CCCNC(C1=CCCCO1)C(C)S(C)(=O)=O. The monoisotopic (exact) mass is 261 g/mol. The molecule has 1 aliphatic heterocycles. The highest BCUT2D eigenvalue weighted by molar-refractivity contribution is 7.91. The smallest absolute Gasteiger partial charge is 0.152 e. The molecule has 0 aromatic carbocycles. The van der Waals surface area contributed by atoms with Gasteiger partial charge in [-0.05, 0) is 38.8 Å². The van der Waals surface area contributed by atoms with Crippen molar-refractivity contribution >= 4 is 9.84 Å². The molecular weight excluding hydrogens is 238 g/mol. The Bertz CT molecular complexity index is 362. The lowest BCUT2D eigenvalue weighted by atomic mass is 10.1. The van der Waals surface area contributed by atoms with Gasteiger partial charge in [-0.25, -0.2) is 8.42 Å². The maximum absolute atomic E-state index is 11.7. The Hall–Kier alpha value is -0.550. The molecule has 2 atom stereocenters. The van der Waals surface area contributed by atoms with Gasteiger partial charge in [0.1, 0.15) is 5.76 Å². The van der Waals surface area contributed by atoms with E-state index in [0.717, 1.165) is 31.6 Å². The minimum Gasteiger partial charge on any atom is -0.497 e. The van der Waals surface area contributed by atoms with Crippen molar-refractivity contribution < 1.29 is 13.2 Å². The van der Waals surface area contributed by atoms with E-state index in [9.17, 15) is 8.42 Å². The van der Waals surface area contributed by atoms with Crippen LogP contribution in [0, 0.1) is 0 Å². The predicted molar refractivity (Wildman–Crippen MR) is 69.7 cm³/mol. The van der Waals surface area contributed by atoms with Crippen LogP contribution < -0.4 is 5.32 Å². The third-order valence-corrected chi connectivity index (χ3v) is 4.65. The Morgan fingerprint density at radius 1 is 1.53 bits per heavy atom. The minimum absolute atomic E-state index is 0.217. The molecule has 1 heterocycles. The third-order valence-electron chi connectivity index (χ3n) is 3.03. The topological polar surface area (TPSA) is 55.4 Å². The normalized spacial score (nSPS) is 20.3. The maximum Gasteiger partial charge on any atom is 0.152 e. The van der Waals surface area contributed by atoms with Crippen molar-refractivity contribution in [3.05, 3.63) is 11.8 Å². The summed E-state index contributed by atoms with van der Waals surface area (Å²) in [5.74, 6) is 0.794. The van der Waals surface area contributed by atoms with Gasteiger partial charge in [-0.1, -0.05) is 6.92 Å². The van der Waals surface area contributed by atoms with Crippen LogP contribution in [-0.2, 0) is 14.6 Å². The molecule has 0 spiro atoms. The number of sulfone groups is 1. The van der Waals surface area contributed by atoms with Gasteiger partial charge >= 0.3 is 0 Å². The Balaban J connectivity index is 2.82. The van der Waals surface area contributed by atoms with Gasteiger partial charge in [0.15, 0.2) is 9.84 Å². The van der Waals surface area contributed by atoms with Gasteiger partial charge in [0, 0.05) is 6.26 Å². The Kier molecular flexibility index (Phi) is 5.46. The van der Waals surface area contributed by atoms with Crippen LogP contribution in [0.5, 0.6) is 0 Å². The molecule has 5 heteroatoms. The molecule has 0 bridgehead atoms. The average Bonchev–Trinajstić information content (AvgIpc) is 2.29. The van der Waals surface area contributed by atoms with Crippen LogP contribution in [0.1, 0.15) is 33.1 Å². The van der Waals surface area contributed by atoms with Crippen molar-refractivity contribution in [2.75, 3.05) is 19.4 Å². The van der Waals surface area contributed by atoms with Crippen molar-refractivity contribution in [3.8, 4) is 0 Å². The summed E-state index contributed by atoms with van der Waals surface area (Å²) in [5.41, 5.74) is 0. The van der Waals surface area contributed by atoms with Crippen molar-refractivity contribution in [3.63, 3.8) is 0 Å². The van der Waals surface area contributed by atoms with Crippen LogP contribution in [0.25, 0.3) is 0 Å². The molecule has 1 N–H and O–H groups in total. The van der Waals surface area contributed by atoms with Gasteiger partial charge in [-0.15, -0.1) is 0 Å². The number of nitrogens with one attached hydrogen (secondary N) is 1. The summed E-state index contributed by atoms with van der Waals surface area (Å²) in [6.45, 7) is 5.28. The fraction of sp³-hybridized carbons (Fsp3) is 0.833. The van der Waals surface area contributed by atoms with Crippen LogP contribution in [0.3, 0.4) is 0 Å². The number of hydrogen-bond donors (Lipinski definition) is 1. The largest absolute Gasteiger partial charge is 0.497 e. The zero-order chi connectivity index (χ0) is 12.9. The standard InChI is InChI=1S/C12H23NO3S/c1-4-8-13-12(10(2)17(3,14)15)11-7-5-6-9-16-11/h7,10,12-13H,4-6,8-9H2,1-3H3.